The van der Waals surface area contributed by atoms with E-state index in [4.69, 9.17) is 4.74 Å². The Labute approximate surface area is 220 Å². The van der Waals surface area contributed by atoms with Crippen LogP contribution < -0.4 is 0 Å². The first-order chi connectivity index (χ1) is 17.0. The van der Waals surface area contributed by atoms with Gasteiger partial charge in [-0.3, -0.25) is 14.1 Å². The van der Waals surface area contributed by atoms with Crippen LogP contribution in [0.3, 0.4) is 0 Å². The molecule has 5 atom stereocenters. The van der Waals surface area contributed by atoms with E-state index in [-0.39, 0.29) is 37.2 Å². The number of unbranched alkanes of at least 4 members (excludes halogenated alkanes) is 3. The molecule has 8 heteroatoms. The lowest BCUT2D eigenvalue weighted by Gasteiger charge is -2.37. The van der Waals surface area contributed by atoms with Gasteiger partial charge >= 0.3 is 11.9 Å². The van der Waals surface area contributed by atoms with Gasteiger partial charge in [0.15, 0.2) is 0 Å². The van der Waals surface area contributed by atoms with Crippen LogP contribution in [0.4, 0.5) is 0 Å². The highest BCUT2D eigenvalue weighted by Gasteiger charge is 2.61. The Balaban J connectivity index is 6.56. The first kappa shape index (κ1) is 34.9. The standard InChI is InChI=1S/C28H54O7S/c1-7-13-16-22(10-4)19-25(26(29)30)28(36(32,33)34,20-23(11-5)17-14-8-2)27(31)35-21-24(12-6)18-15-9-3/h22-25H,7-21H2,1-6H3,(H,29,30)(H,32,33,34). The first-order valence-corrected chi connectivity index (χ1v) is 15.8. The molecule has 0 heterocycles. The minimum absolute atomic E-state index is 0.0119. The van der Waals surface area contributed by atoms with Gasteiger partial charge in [0.2, 0.25) is 4.75 Å². The zero-order chi connectivity index (χ0) is 27.8. The fraction of sp³-hybridized carbons (Fsp3) is 0.929. The molecule has 0 aliphatic heterocycles. The van der Waals surface area contributed by atoms with E-state index in [0.29, 0.717) is 19.3 Å². The maximum absolute atomic E-state index is 13.7. The summed E-state index contributed by atoms with van der Waals surface area (Å²) in [6, 6.07) is 0. The number of ether oxygens (including phenoxy) is 1. The molecule has 214 valence electrons. The highest BCUT2D eigenvalue weighted by molar-refractivity contribution is 7.88. The molecular weight excluding hydrogens is 480 g/mol. The van der Waals surface area contributed by atoms with E-state index in [1.165, 1.54) is 0 Å². The molecule has 0 rings (SSSR count). The minimum Gasteiger partial charge on any atom is -0.481 e. The lowest BCUT2D eigenvalue weighted by molar-refractivity contribution is -0.158. The number of rotatable bonds is 22. The van der Waals surface area contributed by atoms with Crippen molar-refractivity contribution < 1.29 is 32.4 Å². The van der Waals surface area contributed by atoms with Crippen LogP contribution >= 0.6 is 0 Å². The topological polar surface area (TPSA) is 118 Å². The van der Waals surface area contributed by atoms with Crippen LogP contribution in [0.15, 0.2) is 0 Å². The molecule has 0 saturated heterocycles. The molecule has 5 unspecified atom stereocenters. The first-order valence-electron chi connectivity index (χ1n) is 14.4. The Bertz CT molecular complexity index is 721. The highest BCUT2D eigenvalue weighted by atomic mass is 32.2. The van der Waals surface area contributed by atoms with Crippen LogP contribution in [0.25, 0.3) is 0 Å². The van der Waals surface area contributed by atoms with Gasteiger partial charge in [-0.05, 0) is 37.0 Å². The van der Waals surface area contributed by atoms with E-state index >= 15 is 0 Å². The third-order valence-electron chi connectivity index (χ3n) is 7.91. The van der Waals surface area contributed by atoms with Gasteiger partial charge in [-0.25, -0.2) is 0 Å². The number of aliphatic carboxylic acids is 1. The lowest BCUT2D eigenvalue weighted by atomic mass is 9.75. The highest BCUT2D eigenvalue weighted by Crippen LogP contribution is 2.42. The van der Waals surface area contributed by atoms with Crippen molar-refractivity contribution in [3.8, 4) is 0 Å². The normalized spacial score (nSPS) is 17.1. The molecule has 2 N–H and O–H groups in total. The fourth-order valence-corrected chi connectivity index (χ4v) is 6.42. The number of hydrogen-bond donors (Lipinski definition) is 2. The quantitative estimate of drug-likeness (QED) is 0.111. The molecule has 0 radical (unpaired) electrons. The summed E-state index contributed by atoms with van der Waals surface area (Å²) in [5.41, 5.74) is 0. The molecular formula is C28H54O7S. The maximum atomic E-state index is 13.7. The summed E-state index contributed by atoms with van der Waals surface area (Å²) in [5, 5.41) is 10.3. The van der Waals surface area contributed by atoms with Gasteiger partial charge in [0, 0.05) is 0 Å². The second kappa shape index (κ2) is 18.2. The van der Waals surface area contributed by atoms with Gasteiger partial charge in [-0.15, -0.1) is 0 Å². The zero-order valence-electron chi connectivity index (χ0n) is 23.8. The summed E-state index contributed by atoms with van der Waals surface area (Å²) < 4.78 is 40.0. The number of carbonyl (C=O) groups is 2. The molecule has 0 fully saturated rings. The molecule has 0 spiro atoms. The van der Waals surface area contributed by atoms with Crippen molar-refractivity contribution in [3.05, 3.63) is 0 Å². The molecule has 0 aliphatic carbocycles. The molecule has 0 aromatic rings. The van der Waals surface area contributed by atoms with E-state index in [1.807, 2.05) is 34.6 Å². The van der Waals surface area contributed by atoms with Crippen LogP contribution in [-0.2, 0) is 24.4 Å². The van der Waals surface area contributed by atoms with Gasteiger partial charge in [0.25, 0.3) is 10.1 Å². The molecule has 0 bridgehead atoms. The predicted molar refractivity (Wildman–Crippen MR) is 146 cm³/mol. The monoisotopic (exact) mass is 534 g/mol. The Morgan fingerprint density at radius 2 is 1.22 bits per heavy atom. The van der Waals surface area contributed by atoms with Crippen LogP contribution in [0.2, 0.25) is 0 Å². The van der Waals surface area contributed by atoms with Gasteiger partial charge in [0.05, 0.1) is 12.5 Å². The smallest absolute Gasteiger partial charge is 0.330 e. The fourth-order valence-electron chi connectivity index (χ4n) is 5.15. The molecule has 0 saturated carbocycles. The molecule has 0 aromatic heterocycles. The second-order valence-corrected chi connectivity index (χ2v) is 12.2. The van der Waals surface area contributed by atoms with E-state index < -0.39 is 32.7 Å². The lowest BCUT2D eigenvalue weighted by Crippen LogP contribution is -2.57. The van der Waals surface area contributed by atoms with Crippen molar-refractivity contribution in [1.29, 1.82) is 0 Å². The Kier molecular flexibility index (Phi) is 17.6. The maximum Gasteiger partial charge on any atom is 0.330 e. The van der Waals surface area contributed by atoms with Gasteiger partial charge in [-0.2, -0.15) is 8.42 Å². The molecule has 0 aliphatic rings. The third-order valence-corrected chi connectivity index (χ3v) is 9.45. The van der Waals surface area contributed by atoms with Crippen molar-refractivity contribution in [3.63, 3.8) is 0 Å². The van der Waals surface area contributed by atoms with Crippen LogP contribution in [0.5, 0.6) is 0 Å². The Morgan fingerprint density at radius 3 is 1.61 bits per heavy atom. The van der Waals surface area contributed by atoms with E-state index in [1.54, 1.807) is 0 Å². The molecule has 0 amide bonds. The van der Waals surface area contributed by atoms with Gasteiger partial charge in [-0.1, -0.05) is 112 Å². The number of carbonyl (C=O) groups excluding carboxylic acids is 1. The SMILES string of the molecule is CCCCC(CC)COC(=O)C(CC(CC)CCCC)(C(CC(CC)CCCC)C(=O)O)S(=O)(=O)O. The van der Waals surface area contributed by atoms with Crippen molar-refractivity contribution in [2.24, 2.45) is 23.7 Å². The van der Waals surface area contributed by atoms with Crippen molar-refractivity contribution in [1.82, 2.24) is 0 Å². The number of hydrogen-bond acceptors (Lipinski definition) is 5. The molecule has 0 aromatic carbocycles. The van der Waals surface area contributed by atoms with Crippen LogP contribution in [0, 0.1) is 23.7 Å². The minimum atomic E-state index is -5.10. The number of carboxylic acid groups (broad SMARTS) is 1. The number of carboxylic acids is 1. The summed E-state index contributed by atoms with van der Waals surface area (Å²) in [5.74, 6) is -4.28. The van der Waals surface area contributed by atoms with Crippen LogP contribution in [0.1, 0.15) is 131 Å². The Hall–Kier alpha value is -1.15. The molecule has 36 heavy (non-hydrogen) atoms. The second-order valence-electron chi connectivity index (χ2n) is 10.5. The third kappa shape index (κ3) is 10.7. The summed E-state index contributed by atoms with van der Waals surface area (Å²) in [7, 11) is -5.10. The largest absolute Gasteiger partial charge is 0.481 e. The van der Waals surface area contributed by atoms with Gasteiger partial charge < -0.3 is 9.84 Å². The van der Waals surface area contributed by atoms with E-state index in [9.17, 15) is 27.7 Å². The summed E-state index contributed by atoms with van der Waals surface area (Å²) in [6.45, 7) is 12.0. The summed E-state index contributed by atoms with van der Waals surface area (Å²) >= 11 is 0. The summed E-state index contributed by atoms with van der Waals surface area (Å²) in [6.07, 6.45) is 9.52. The van der Waals surface area contributed by atoms with Crippen molar-refractivity contribution in [2.45, 2.75) is 136 Å². The van der Waals surface area contributed by atoms with Crippen molar-refractivity contribution in [2.75, 3.05) is 6.61 Å². The molecule has 7 nitrogen and oxygen atoms in total. The average Bonchev–Trinajstić information content (AvgIpc) is 2.84. The number of esters is 1. The summed E-state index contributed by atoms with van der Waals surface area (Å²) in [4.78, 5) is 26.4. The van der Waals surface area contributed by atoms with Gasteiger partial charge in [0.1, 0.15) is 0 Å². The van der Waals surface area contributed by atoms with E-state index in [0.717, 1.165) is 57.8 Å². The average molecular weight is 535 g/mol. The van der Waals surface area contributed by atoms with Crippen LogP contribution in [-0.4, -0.2) is 41.4 Å². The zero-order valence-corrected chi connectivity index (χ0v) is 24.6. The Morgan fingerprint density at radius 1 is 0.778 bits per heavy atom. The van der Waals surface area contributed by atoms with E-state index in [2.05, 4.69) is 6.92 Å². The predicted octanol–water partition coefficient (Wildman–Crippen LogP) is 7.29. The van der Waals surface area contributed by atoms with Crippen molar-refractivity contribution >= 4 is 22.1 Å².